The quantitative estimate of drug-likeness (QED) is 0.898. The van der Waals surface area contributed by atoms with E-state index >= 15 is 0 Å². The Kier molecular flexibility index (Phi) is 4.43. The van der Waals surface area contributed by atoms with Crippen molar-refractivity contribution in [3.63, 3.8) is 0 Å². The van der Waals surface area contributed by atoms with Crippen molar-refractivity contribution in [2.75, 3.05) is 24.7 Å². The smallest absolute Gasteiger partial charge is 0.225 e. The highest BCUT2D eigenvalue weighted by Crippen LogP contribution is 2.39. The zero-order valence-electron chi connectivity index (χ0n) is 12.7. The van der Waals surface area contributed by atoms with Gasteiger partial charge in [0.05, 0.1) is 5.92 Å². The predicted octanol–water partition coefficient (Wildman–Crippen LogP) is 3.06. The van der Waals surface area contributed by atoms with Crippen LogP contribution in [0.15, 0.2) is 24.3 Å². The van der Waals surface area contributed by atoms with Gasteiger partial charge in [0.2, 0.25) is 5.91 Å². The molecule has 3 nitrogen and oxygen atoms in total. The van der Waals surface area contributed by atoms with E-state index in [0.29, 0.717) is 0 Å². The average molecular weight is 304 g/mol. The molecule has 1 aromatic rings. The Morgan fingerprint density at radius 2 is 2.14 bits per heavy atom. The minimum absolute atomic E-state index is 0.0557. The molecule has 1 fully saturated rings. The molecule has 1 heterocycles. The summed E-state index contributed by atoms with van der Waals surface area (Å²) in [4.78, 5) is 12.5. The minimum atomic E-state index is 0.0557. The second-order valence-electron chi connectivity index (χ2n) is 6.25. The number of thioether (sulfide) groups is 1. The Balaban J connectivity index is 1.57. The molecule has 1 aliphatic carbocycles. The fraction of sp³-hybridized carbons (Fsp3) is 0.588. The molecule has 0 spiro atoms. The first-order valence-electron chi connectivity index (χ1n) is 7.87. The van der Waals surface area contributed by atoms with Gasteiger partial charge < -0.3 is 10.6 Å². The molecule has 1 unspecified atom stereocenters. The van der Waals surface area contributed by atoms with Crippen LogP contribution in [0.25, 0.3) is 0 Å². The standard InChI is InChI=1S/C17H24N2OS/c1-21-17(8-4-5-9-17)12-19-16(20)14-10-13-6-2-3-7-15(13)18-11-14/h2-3,6-7,14,18H,4-5,8-12H2,1H3,(H,19,20). The molecule has 0 aromatic heterocycles. The zero-order chi connectivity index (χ0) is 14.7. The Hall–Kier alpha value is -1.16. The summed E-state index contributed by atoms with van der Waals surface area (Å²) in [6.07, 6.45) is 8.10. The van der Waals surface area contributed by atoms with Gasteiger partial charge in [0.15, 0.2) is 0 Å². The van der Waals surface area contributed by atoms with Crippen LogP contribution in [0.1, 0.15) is 31.2 Å². The van der Waals surface area contributed by atoms with Crippen LogP contribution in [0.4, 0.5) is 5.69 Å². The number of nitrogens with one attached hydrogen (secondary N) is 2. The van der Waals surface area contributed by atoms with Crippen molar-refractivity contribution in [2.24, 2.45) is 5.92 Å². The van der Waals surface area contributed by atoms with E-state index in [1.807, 2.05) is 23.9 Å². The highest BCUT2D eigenvalue weighted by Gasteiger charge is 2.34. The zero-order valence-corrected chi connectivity index (χ0v) is 13.5. The number of fused-ring (bicyclic) bond motifs is 1. The summed E-state index contributed by atoms with van der Waals surface area (Å²) in [7, 11) is 0. The van der Waals surface area contributed by atoms with Crippen LogP contribution < -0.4 is 10.6 Å². The first-order chi connectivity index (χ1) is 10.2. The SMILES string of the molecule is CSC1(CNC(=O)C2CNc3ccccc3C2)CCCC1. The van der Waals surface area contributed by atoms with Crippen LogP contribution in [0.5, 0.6) is 0 Å². The van der Waals surface area contributed by atoms with Crippen molar-refractivity contribution < 1.29 is 4.79 Å². The van der Waals surface area contributed by atoms with E-state index in [1.165, 1.54) is 36.9 Å². The van der Waals surface area contributed by atoms with Crippen LogP contribution in [-0.4, -0.2) is 30.0 Å². The molecule has 0 radical (unpaired) electrons. The minimum Gasteiger partial charge on any atom is -0.384 e. The van der Waals surface area contributed by atoms with E-state index in [4.69, 9.17) is 0 Å². The lowest BCUT2D eigenvalue weighted by Gasteiger charge is -2.30. The van der Waals surface area contributed by atoms with E-state index in [2.05, 4.69) is 29.0 Å². The van der Waals surface area contributed by atoms with Gasteiger partial charge in [0, 0.05) is 23.5 Å². The van der Waals surface area contributed by atoms with E-state index in [1.54, 1.807) is 0 Å². The summed E-state index contributed by atoms with van der Waals surface area (Å²) in [5.74, 6) is 0.262. The number of rotatable bonds is 4. The van der Waals surface area contributed by atoms with E-state index < -0.39 is 0 Å². The van der Waals surface area contributed by atoms with Crippen molar-refractivity contribution in [1.82, 2.24) is 5.32 Å². The van der Waals surface area contributed by atoms with Crippen molar-refractivity contribution >= 4 is 23.4 Å². The fourth-order valence-corrected chi connectivity index (χ4v) is 4.41. The third-order valence-corrected chi connectivity index (χ3v) is 6.34. The highest BCUT2D eigenvalue weighted by atomic mass is 32.2. The fourth-order valence-electron chi connectivity index (χ4n) is 3.49. The molecule has 114 valence electrons. The van der Waals surface area contributed by atoms with E-state index in [-0.39, 0.29) is 16.6 Å². The summed E-state index contributed by atoms with van der Waals surface area (Å²) in [5.41, 5.74) is 2.43. The van der Waals surface area contributed by atoms with Crippen molar-refractivity contribution in [1.29, 1.82) is 0 Å². The highest BCUT2D eigenvalue weighted by molar-refractivity contribution is 8.00. The number of carbonyl (C=O) groups is 1. The van der Waals surface area contributed by atoms with Crippen LogP contribution in [0.3, 0.4) is 0 Å². The van der Waals surface area contributed by atoms with Gasteiger partial charge in [0.1, 0.15) is 0 Å². The first kappa shape index (κ1) is 14.8. The van der Waals surface area contributed by atoms with Crippen molar-refractivity contribution in [3.05, 3.63) is 29.8 Å². The number of hydrogen-bond acceptors (Lipinski definition) is 3. The van der Waals surface area contributed by atoms with Crippen LogP contribution in [0.2, 0.25) is 0 Å². The van der Waals surface area contributed by atoms with Gasteiger partial charge in [-0.1, -0.05) is 31.0 Å². The van der Waals surface area contributed by atoms with Crippen molar-refractivity contribution in [2.45, 2.75) is 36.9 Å². The van der Waals surface area contributed by atoms with Gasteiger partial charge in [-0.05, 0) is 37.1 Å². The molecular formula is C17H24N2OS. The maximum Gasteiger partial charge on any atom is 0.225 e. The molecule has 4 heteroatoms. The monoisotopic (exact) mass is 304 g/mol. The molecule has 3 rings (SSSR count). The van der Waals surface area contributed by atoms with Gasteiger partial charge in [-0.25, -0.2) is 0 Å². The Morgan fingerprint density at radius 1 is 1.38 bits per heavy atom. The maximum absolute atomic E-state index is 12.5. The molecule has 1 atom stereocenters. The molecule has 21 heavy (non-hydrogen) atoms. The average Bonchev–Trinajstić information content (AvgIpc) is 3.01. The number of hydrogen-bond donors (Lipinski definition) is 2. The summed E-state index contributed by atoms with van der Waals surface area (Å²) in [6, 6.07) is 8.28. The molecule has 1 aromatic carbocycles. The lowest BCUT2D eigenvalue weighted by Crippen LogP contribution is -2.44. The molecule has 0 saturated heterocycles. The van der Waals surface area contributed by atoms with Crippen LogP contribution in [-0.2, 0) is 11.2 Å². The molecule has 2 N–H and O–H groups in total. The number of anilines is 1. The number of para-hydroxylation sites is 1. The molecule has 1 aliphatic heterocycles. The molecular weight excluding hydrogens is 280 g/mol. The van der Waals surface area contributed by atoms with E-state index in [9.17, 15) is 4.79 Å². The maximum atomic E-state index is 12.5. The summed E-state index contributed by atoms with van der Waals surface area (Å²) < 4.78 is 0.287. The summed E-state index contributed by atoms with van der Waals surface area (Å²) in [6.45, 7) is 1.57. The van der Waals surface area contributed by atoms with Crippen LogP contribution in [0, 0.1) is 5.92 Å². The lowest BCUT2D eigenvalue weighted by molar-refractivity contribution is -0.124. The van der Waals surface area contributed by atoms with Gasteiger partial charge in [-0.15, -0.1) is 0 Å². The predicted molar refractivity (Wildman–Crippen MR) is 89.8 cm³/mol. The Labute approximate surface area is 131 Å². The number of amides is 1. The van der Waals surface area contributed by atoms with Gasteiger partial charge >= 0.3 is 0 Å². The second kappa shape index (κ2) is 6.30. The topological polar surface area (TPSA) is 41.1 Å². The second-order valence-corrected chi connectivity index (χ2v) is 7.53. The number of carbonyl (C=O) groups excluding carboxylic acids is 1. The van der Waals surface area contributed by atoms with E-state index in [0.717, 1.165) is 19.5 Å². The third-order valence-electron chi connectivity index (χ3n) is 4.93. The first-order valence-corrected chi connectivity index (χ1v) is 9.10. The van der Waals surface area contributed by atoms with Gasteiger partial charge in [-0.2, -0.15) is 11.8 Å². The summed E-state index contributed by atoms with van der Waals surface area (Å²) in [5, 5.41) is 6.60. The summed E-state index contributed by atoms with van der Waals surface area (Å²) >= 11 is 1.93. The molecule has 2 aliphatic rings. The van der Waals surface area contributed by atoms with Crippen molar-refractivity contribution in [3.8, 4) is 0 Å². The third kappa shape index (κ3) is 3.20. The Bertz CT molecular complexity index is 511. The molecule has 1 amide bonds. The molecule has 0 bridgehead atoms. The molecule has 1 saturated carbocycles. The number of benzene rings is 1. The lowest BCUT2D eigenvalue weighted by atomic mass is 9.93. The van der Waals surface area contributed by atoms with Crippen LogP contribution >= 0.6 is 11.8 Å². The van der Waals surface area contributed by atoms with Gasteiger partial charge in [-0.3, -0.25) is 4.79 Å². The normalized spacial score (nSPS) is 23.2. The Morgan fingerprint density at radius 3 is 2.90 bits per heavy atom. The van der Waals surface area contributed by atoms with Gasteiger partial charge in [0.25, 0.3) is 0 Å². The largest absolute Gasteiger partial charge is 0.384 e.